The molecule has 4 aromatic rings. The van der Waals surface area contributed by atoms with E-state index in [1.54, 1.807) is 25.4 Å². The number of fused-ring (bicyclic) bond motifs is 3. The number of aromatic nitrogens is 7. The number of aromatic amines is 1. The van der Waals surface area contributed by atoms with Crippen LogP contribution in [0.1, 0.15) is 83.9 Å². The third kappa shape index (κ3) is 3.75. The van der Waals surface area contributed by atoms with E-state index in [4.69, 9.17) is 10.7 Å². The van der Waals surface area contributed by atoms with E-state index in [-0.39, 0.29) is 41.3 Å². The number of Topliss-reactive ketones (excluding diaryl/α,β-unsaturated/α-hetero) is 1. The van der Waals surface area contributed by atoms with Crippen LogP contribution >= 0.6 is 0 Å². The first kappa shape index (κ1) is 23.2. The van der Waals surface area contributed by atoms with Crippen LogP contribution in [0.3, 0.4) is 0 Å². The van der Waals surface area contributed by atoms with Gasteiger partial charge in [-0.2, -0.15) is 14.7 Å². The number of hydrogen-bond acceptors (Lipinski definition) is 9. The van der Waals surface area contributed by atoms with E-state index < -0.39 is 6.10 Å². The monoisotopic (exact) mass is 501 g/mol. The molecule has 1 unspecified atom stereocenters. The van der Waals surface area contributed by atoms with Crippen molar-refractivity contribution >= 4 is 23.2 Å². The quantitative estimate of drug-likeness (QED) is 0.347. The highest BCUT2D eigenvalue weighted by atomic mass is 16.3. The number of anilines is 1. The highest BCUT2D eigenvalue weighted by Gasteiger charge is 2.45. The van der Waals surface area contributed by atoms with Crippen LogP contribution in [0, 0.1) is 0 Å². The van der Waals surface area contributed by atoms with Gasteiger partial charge in [0, 0.05) is 35.3 Å². The molecule has 2 saturated heterocycles. The number of nitrogens with one attached hydrogen (secondary N) is 1. The average Bonchev–Trinajstić information content (AvgIpc) is 3.62. The fourth-order valence-corrected chi connectivity index (χ4v) is 5.87. The average molecular weight is 502 g/mol. The summed E-state index contributed by atoms with van der Waals surface area (Å²) in [4.78, 5) is 41.1. The van der Waals surface area contributed by atoms with Crippen LogP contribution in [0.5, 0.6) is 0 Å². The van der Waals surface area contributed by atoms with E-state index >= 15 is 0 Å². The van der Waals surface area contributed by atoms with Crippen molar-refractivity contribution in [2.24, 2.45) is 0 Å². The molecule has 12 nitrogen and oxygen atoms in total. The molecule has 0 radical (unpaired) electrons. The fourth-order valence-electron chi connectivity index (χ4n) is 5.87. The second kappa shape index (κ2) is 8.73. The molecule has 190 valence electrons. The van der Waals surface area contributed by atoms with Crippen molar-refractivity contribution < 1.29 is 14.7 Å². The summed E-state index contributed by atoms with van der Waals surface area (Å²) >= 11 is 0. The van der Waals surface area contributed by atoms with Gasteiger partial charge >= 0.3 is 0 Å². The number of carbonyl (C=O) groups is 2. The summed E-state index contributed by atoms with van der Waals surface area (Å²) in [7, 11) is 0. The van der Waals surface area contributed by atoms with Crippen molar-refractivity contribution in [2.75, 3.05) is 5.73 Å². The number of carbonyl (C=O) groups excluding carboxylic acids is 2. The Morgan fingerprint density at radius 3 is 2.51 bits per heavy atom. The Balaban J connectivity index is 1.40. The van der Waals surface area contributed by atoms with Gasteiger partial charge in [-0.3, -0.25) is 19.7 Å². The van der Waals surface area contributed by atoms with Crippen LogP contribution in [-0.4, -0.2) is 68.5 Å². The van der Waals surface area contributed by atoms with Crippen molar-refractivity contribution in [3.8, 4) is 11.1 Å². The summed E-state index contributed by atoms with van der Waals surface area (Å²) in [6, 6.07) is 3.65. The Morgan fingerprint density at radius 1 is 1.16 bits per heavy atom. The number of H-pyrrole nitrogens is 1. The predicted molar refractivity (Wildman–Crippen MR) is 133 cm³/mol. The van der Waals surface area contributed by atoms with E-state index in [1.807, 2.05) is 11.0 Å². The van der Waals surface area contributed by atoms with Gasteiger partial charge in [0.05, 0.1) is 29.3 Å². The van der Waals surface area contributed by atoms with Gasteiger partial charge in [-0.25, -0.2) is 9.97 Å². The standard InChI is InChI=1S/C25H27N9O3/c1-12(35)19-6-3-14(9-27-19)18-10-30-34-22(26)20(13(2)36)21(31-24(18)34)15-7-16-4-5-17(8-15)33(16)25(37)23-28-11-29-32-23/h3,6,9-12,15-17,35H,4-5,7-8,26H2,1-2H3,(H,28,29,32)/t12-,15?,16-,17+/m1/s1. The topological polar surface area (TPSA) is 168 Å². The van der Waals surface area contributed by atoms with Gasteiger partial charge in [0.1, 0.15) is 12.1 Å². The molecule has 2 aliphatic heterocycles. The predicted octanol–water partition coefficient (Wildman–Crippen LogP) is 2.30. The van der Waals surface area contributed by atoms with Crippen LogP contribution in [0.2, 0.25) is 0 Å². The number of amides is 1. The van der Waals surface area contributed by atoms with Gasteiger partial charge in [-0.05, 0) is 45.6 Å². The highest BCUT2D eigenvalue weighted by molar-refractivity contribution is 6.00. The molecular weight excluding hydrogens is 474 g/mol. The van der Waals surface area contributed by atoms with E-state index in [0.717, 1.165) is 24.0 Å². The summed E-state index contributed by atoms with van der Waals surface area (Å²) < 4.78 is 1.50. The number of aliphatic hydroxyl groups excluding tert-OH is 1. The highest BCUT2D eigenvalue weighted by Crippen LogP contribution is 2.45. The molecule has 4 aromatic heterocycles. The fraction of sp³-hybridized carbons (Fsp3) is 0.400. The maximum atomic E-state index is 13.1. The first-order valence-electron chi connectivity index (χ1n) is 12.3. The Bertz CT molecular complexity index is 1480. The minimum atomic E-state index is -0.673. The molecule has 2 fully saturated rings. The first-order chi connectivity index (χ1) is 17.8. The van der Waals surface area contributed by atoms with Crippen molar-refractivity contribution in [1.82, 2.24) is 39.7 Å². The van der Waals surface area contributed by atoms with E-state index in [0.29, 0.717) is 35.4 Å². The van der Waals surface area contributed by atoms with Gasteiger partial charge in [0.15, 0.2) is 11.4 Å². The lowest BCUT2D eigenvalue weighted by Crippen LogP contribution is -2.46. The first-order valence-corrected chi connectivity index (χ1v) is 12.3. The van der Waals surface area contributed by atoms with Crippen LogP contribution in [0.4, 0.5) is 5.82 Å². The van der Waals surface area contributed by atoms with E-state index in [9.17, 15) is 14.7 Å². The maximum Gasteiger partial charge on any atom is 0.291 e. The number of piperidine rings is 1. The van der Waals surface area contributed by atoms with Gasteiger partial charge < -0.3 is 15.7 Å². The lowest BCUT2D eigenvalue weighted by atomic mass is 9.85. The van der Waals surface area contributed by atoms with E-state index in [2.05, 4.69) is 25.3 Å². The van der Waals surface area contributed by atoms with Gasteiger partial charge in [-0.1, -0.05) is 6.07 Å². The summed E-state index contributed by atoms with van der Waals surface area (Å²) in [6.45, 7) is 3.15. The lowest BCUT2D eigenvalue weighted by molar-refractivity contribution is 0.0556. The minimum absolute atomic E-state index is 0.0157. The number of nitrogen functional groups attached to an aromatic ring is 1. The molecule has 4 atom stereocenters. The number of nitrogens with two attached hydrogens (primary N) is 1. The van der Waals surface area contributed by atoms with Gasteiger partial charge in [0.2, 0.25) is 5.82 Å². The zero-order chi connectivity index (χ0) is 25.8. The molecule has 2 aliphatic rings. The molecule has 0 aliphatic carbocycles. The molecule has 1 amide bonds. The molecule has 0 spiro atoms. The number of ketones is 1. The summed E-state index contributed by atoms with van der Waals surface area (Å²) in [5.41, 5.74) is 10.2. The Hall–Kier alpha value is -4.19. The summed E-state index contributed by atoms with van der Waals surface area (Å²) in [6.07, 6.45) is 7.10. The SMILES string of the molecule is CC(=O)c1c(C2C[C@H]3CC[C@@H](C2)N3C(=O)c2ncn[nH]2)nc2c(-c3ccc([C@@H](C)O)nc3)cnn2c1N. The van der Waals surface area contributed by atoms with Gasteiger partial charge in [-0.15, -0.1) is 0 Å². The third-order valence-electron chi connectivity index (χ3n) is 7.56. The van der Waals surface area contributed by atoms with Crippen LogP contribution in [0.15, 0.2) is 30.9 Å². The molecule has 2 bridgehead atoms. The second-order valence-electron chi connectivity index (χ2n) is 9.85. The Kier molecular flexibility index (Phi) is 5.48. The third-order valence-corrected chi connectivity index (χ3v) is 7.56. The zero-order valence-corrected chi connectivity index (χ0v) is 20.5. The van der Waals surface area contributed by atoms with Crippen LogP contribution in [0.25, 0.3) is 16.8 Å². The van der Waals surface area contributed by atoms with Crippen molar-refractivity contribution in [3.05, 3.63) is 53.6 Å². The molecule has 12 heteroatoms. The molecular formula is C25H27N9O3. The number of aliphatic hydroxyl groups is 1. The van der Waals surface area contributed by atoms with Crippen molar-refractivity contribution in [3.63, 3.8) is 0 Å². The largest absolute Gasteiger partial charge is 0.387 e. The Morgan fingerprint density at radius 2 is 1.92 bits per heavy atom. The van der Waals surface area contributed by atoms with E-state index in [1.165, 1.54) is 17.8 Å². The molecule has 6 rings (SSSR count). The van der Waals surface area contributed by atoms with Gasteiger partial charge in [0.25, 0.3) is 5.91 Å². The number of hydrogen-bond donors (Lipinski definition) is 3. The summed E-state index contributed by atoms with van der Waals surface area (Å²) in [5, 5.41) is 20.7. The number of pyridine rings is 1. The Labute approximate surface area is 211 Å². The zero-order valence-electron chi connectivity index (χ0n) is 20.5. The molecule has 6 heterocycles. The molecule has 0 saturated carbocycles. The lowest BCUT2D eigenvalue weighted by Gasteiger charge is -2.38. The van der Waals surface area contributed by atoms with Crippen LogP contribution < -0.4 is 5.73 Å². The van der Waals surface area contributed by atoms with Crippen molar-refractivity contribution in [1.29, 1.82) is 0 Å². The van der Waals surface area contributed by atoms with Crippen molar-refractivity contribution in [2.45, 2.75) is 63.6 Å². The minimum Gasteiger partial charge on any atom is -0.387 e. The normalized spacial score (nSPS) is 21.9. The molecule has 37 heavy (non-hydrogen) atoms. The molecule has 0 aromatic carbocycles. The van der Waals surface area contributed by atoms with Crippen LogP contribution in [-0.2, 0) is 0 Å². The number of rotatable bonds is 5. The molecule has 4 N–H and O–H groups in total. The number of nitrogens with zero attached hydrogens (tertiary/aromatic N) is 7. The summed E-state index contributed by atoms with van der Waals surface area (Å²) in [5.74, 6) is 0.127. The second-order valence-corrected chi connectivity index (χ2v) is 9.85. The smallest absolute Gasteiger partial charge is 0.291 e. The maximum absolute atomic E-state index is 13.1.